The van der Waals surface area contributed by atoms with E-state index in [-0.39, 0.29) is 33.8 Å². The smallest absolute Gasteiger partial charge is 0.481 e. The molecule has 6 heterocycles. The summed E-state index contributed by atoms with van der Waals surface area (Å²) in [6, 6.07) is 20.2. The fourth-order valence-corrected chi connectivity index (χ4v) is 6.87. The van der Waals surface area contributed by atoms with E-state index < -0.39 is 7.12 Å². The van der Waals surface area contributed by atoms with E-state index in [1.54, 1.807) is 56.0 Å². The number of hydrogen-bond acceptors (Lipinski definition) is 14. The van der Waals surface area contributed by atoms with Gasteiger partial charge in [-0.2, -0.15) is 0 Å². The van der Waals surface area contributed by atoms with Crippen molar-refractivity contribution in [1.82, 2.24) is 40.3 Å². The van der Waals surface area contributed by atoms with Crippen molar-refractivity contribution in [3.8, 4) is 23.0 Å². The second-order valence-electron chi connectivity index (χ2n) is 13.7. The zero-order chi connectivity index (χ0) is 41.0. The van der Waals surface area contributed by atoms with Crippen molar-refractivity contribution < 1.29 is 28.3 Å². The van der Waals surface area contributed by atoms with Crippen molar-refractivity contribution in [3.05, 3.63) is 126 Å². The number of rotatable bonds is 12. The third kappa shape index (κ3) is 9.96. The lowest BCUT2D eigenvalue weighted by Gasteiger charge is -2.41. The molecule has 6 aromatic rings. The second kappa shape index (κ2) is 19.5. The molecule has 6 aromatic heterocycles. The average molecular weight is 811 g/mol. The molecule has 0 aliphatic heterocycles. The van der Waals surface area contributed by atoms with Crippen LogP contribution in [0, 0.1) is 11.6 Å². The first-order valence-corrected chi connectivity index (χ1v) is 18.9. The Labute approximate surface area is 339 Å². The summed E-state index contributed by atoms with van der Waals surface area (Å²) in [5.74, 6) is 1.54. The van der Waals surface area contributed by atoms with Crippen LogP contribution in [-0.4, -0.2) is 84.8 Å². The SMILES string of the molecule is COc1ncccc1-c1ccc(NCC2(c3ncccc3F)CCC2)nn1.COc1ncccc1B(O)O.Fc1cccnc1C1(CNc2ccc(Cl)nn2)CCC1. The number of hydrogen-bond donors (Lipinski definition) is 4. The molecule has 0 atom stereocenters. The average Bonchev–Trinajstić information content (AvgIpc) is 3.22. The molecule has 0 saturated heterocycles. The van der Waals surface area contributed by atoms with Crippen molar-refractivity contribution in [2.24, 2.45) is 0 Å². The minimum Gasteiger partial charge on any atom is -0.481 e. The molecule has 2 fully saturated rings. The molecule has 0 radical (unpaired) electrons. The van der Waals surface area contributed by atoms with E-state index in [1.807, 2.05) is 24.3 Å². The number of halogens is 3. The van der Waals surface area contributed by atoms with Crippen LogP contribution in [0.5, 0.6) is 11.8 Å². The van der Waals surface area contributed by atoms with Crippen LogP contribution in [0.25, 0.3) is 11.3 Å². The van der Waals surface area contributed by atoms with Crippen LogP contribution in [0.1, 0.15) is 49.9 Å². The van der Waals surface area contributed by atoms with Gasteiger partial charge in [0.2, 0.25) is 11.8 Å². The maximum absolute atomic E-state index is 14.2. The molecule has 0 unspecified atom stereocenters. The van der Waals surface area contributed by atoms with E-state index in [4.69, 9.17) is 31.1 Å². The van der Waals surface area contributed by atoms with Gasteiger partial charge in [0.25, 0.3) is 0 Å². The molecule has 14 nitrogen and oxygen atoms in total. The summed E-state index contributed by atoms with van der Waals surface area (Å²) in [5, 5.41) is 40.6. The highest BCUT2D eigenvalue weighted by atomic mass is 35.5. The lowest BCUT2D eigenvalue weighted by molar-refractivity contribution is 0.243. The monoisotopic (exact) mass is 810 g/mol. The molecular formula is C40H42BClF2N10O4. The van der Waals surface area contributed by atoms with Gasteiger partial charge in [0.1, 0.15) is 23.3 Å². The largest absolute Gasteiger partial charge is 0.493 e. The van der Waals surface area contributed by atoms with Gasteiger partial charge in [-0.15, -0.1) is 20.4 Å². The third-order valence-electron chi connectivity index (χ3n) is 10.2. The Hall–Kier alpha value is -5.91. The van der Waals surface area contributed by atoms with E-state index in [0.29, 0.717) is 52.8 Å². The topological polar surface area (TPSA) is 186 Å². The zero-order valence-corrected chi connectivity index (χ0v) is 32.7. The molecular weight excluding hydrogens is 769 g/mol. The number of anilines is 2. The van der Waals surface area contributed by atoms with Gasteiger partial charge < -0.3 is 30.2 Å². The summed E-state index contributed by atoms with van der Waals surface area (Å²) in [6.45, 7) is 1.17. The van der Waals surface area contributed by atoms with E-state index in [9.17, 15) is 8.78 Å². The van der Waals surface area contributed by atoms with Crippen molar-refractivity contribution in [3.63, 3.8) is 0 Å². The van der Waals surface area contributed by atoms with Gasteiger partial charge in [-0.05, 0) is 92.4 Å². The molecule has 2 aliphatic carbocycles. The Morgan fingerprint density at radius 1 is 0.638 bits per heavy atom. The quantitative estimate of drug-likeness (QED) is 0.112. The molecule has 58 heavy (non-hydrogen) atoms. The Balaban J connectivity index is 0.000000160. The normalized spacial score (nSPS) is 14.5. The fraction of sp³-hybridized carbons (Fsp3) is 0.300. The van der Waals surface area contributed by atoms with Crippen molar-refractivity contribution in [2.45, 2.75) is 49.4 Å². The highest BCUT2D eigenvalue weighted by Crippen LogP contribution is 2.44. The van der Waals surface area contributed by atoms with Gasteiger partial charge in [0.15, 0.2) is 5.15 Å². The molecule has 8 rings (SSSR count). The summed E-state index contributed by atoms with van der Waals surface area (Å²) in [4.78, 5) is 16.5. The molecule has 2 saturated carbocycles. The van der Waals surface area contributed by atoms with Gasteiger partial charge in [-0.3, -0.25) is 9.97 Å². The van der Waals surface area contributed by atoms with Crippen LogP contribution < -0.4 is 25.6 Å². The van der Waals surface area contributed by atoms with E-state index >= 15 is 0 Å². The number of nitrogens with one attached hydrogen (secondary N) is 2. The first kappa shape index (κ1) is 41.7. The number of pyridine rings is 4. The predicted molar refractivity (Wildman–Crippen MR) is 216 cm³/mol. The molecule has 4 N–H and O–H groups in total. The van der Waals surface area contributed by atoms with Crippen molar-refractivity contribution in [1.29, 1.82) is 0 Å². The molecule has 0 amide bonds. The van der Waals surface area contributed by atoms with Gasteiger partial charge in [0.05, 0.1) is 36.9 Å². The summed E-state index contributed by atoms with van der Waals surface area (Å²) < 4.78 is 38.2. The van der Waals surface area contributed by atoms with E-state index in [2.05, 4.69) is 51.0 Å². The minimum atomic E-state index is -1.53. The molecule has 0 bridgehead atoms. The second-order valence-corrected chi connectivity index (χ2v) is 14.1. The molecule has 0 aromatic carbocycles. The maximum atomic E-state index is 14.2. The summed E-state index contributed by atoms with van der Waals surface area (Å²) in [7, 11) is 1.47. The Kier molecular flexibility index (Phi) is 14.0. The Morgan fingerprint density at radius 3 is 1.57 bits per heavy atom. The number of aromatic nitrogens is 8. The maximum Gasteiger partial charge on any atom is 0.493 e. The van der Waals surface area contributed by atoms with Crippen LogP contribution in [0.15, 0.2) is 97.6 Å². The van der Waals surface area contributed by atoms with Crippen LogP contribution in [-0.2, 0) is 10.8 Å². The molecule has 0 spiro atoms. The standard InChI is InChI=1S/C20H20FN5O.C14H14ClFN4.C6H8BNO3/c1-27-19-14(5-2-12-23-19)16-7-8-17(26-25-16)24-13-20(9-4-10-20)18-15(21)6-3-11-22-18;15-11-4-5-12(20-19-11)18-9-14(6-2-7-14)13-10(16)3-1-8-17-13;1-11-6-5(7(9)10)3-2-4-8-6/h2-3,5-8,11-12H,4,9-10,13H2,1H3,(H,24,26);1,3-5,8H,2,6-7,9H2,(H,18,20);2-4,9-10H,1H3. The van der Waals surface area contributed by atoms with Crippen LogP contribution in [0.4, 0.5) is 20.4 Å². The summed E-state index contributed by atoms with van der Waals surface area (Å²) in [5.41, 5.74) is 2.29. The van der Waals surface area contributed by atoms with E-state index in [1.165, 1.54) is 31.5 Å². The number of nitrogens with zero attached hydrogens (tertiary/aromatic N) is 8. The van der Waals surface area contributed by atoms with Gasteiger partial charge >= 0.3 is 7.12 Å². The molecule has 18 heteroatoms. The van der Waals surface area contributed by atoms with Crippen LogP contribution >= 0.6 is 11.6 Å². The number of methoxy groups -OCH3 is 2. The lowest BCUT2D eigenvalue weighted by atomic mass is 9.66. The van der Waals surface area contributed by atoms with Crippen LogP contribution in [0.2, 0.25) is 5.15 Å². The van der Waals surface area contributed by atoms with Gasteiger partial charge in [-0.1, -0.05) is 30.5 Å². The lowest BCUT2D eigenvalue weighted by Crippen LogP contribution is -2.42. The summed E-state index contributed by atoms with van der Waals surface area (Å²) >= 11 is 5.70. The predicted octanol–water partition coefficient (Wildman–Crippen LogP) is 5.58. The van der Waals surface area contributed by atoms with Crippen molar-refractivity contribution in [2.75, 3.05) is 37.9 Å². The van der Waals surface area contributed by atoms with E-state index in [0.717, 1.165) is 44.1 Å². The van der Waals surface area contributed by atoms with Crippen LogP contribution in [0.3, 0.4) is 0 Å². The first-order chi connectivity index (χ1) is 28.2. The van der Waals surface area contributed by atoms with Gasteiger partial charge in [0, 0.05) is 54.2 Å². The minimum absolute atomic E-state index is 0.238. The molecule has 300 valence electrons. The van der Waals surface area contributed by atoms with Gasteiger partial charge in [-0.25, -0.2) is 18.7 Å². The Bertz CT molecular complexity index is 2240. The Morgan fingerprint density at radius 2 is 1.14 bits per heavy atom. The number of ether oxygens (including phenoxy) is 2. The fourth-order valence-electron chi connectivity index (χ4n) is 6.77. The first-order valence-electron chi connectivity index (χ1n) is 18.5. The van der Waals surface area contributed by atoms with Crippen molar-refractivity contribution >= 4 is 35.8 Å². The highest BCUT2D eigenvalue weighted by Gasteiger charge is 2.42. The zero-order valence-electron chi connectivity index (χ0n) is 31.9. The third-order valence-corrected chi connectivity index (χ3v) is 10.4. The molecule has 2 aliphatic rings. The highest BCUT2D eigenvalue weighted by molar-refractivity contribution is 6.59. The summed E-state index contributed by atoms with van der Waals surface area (Å²) in [6.07, 6.45) is 12.3.